The van der Waals surface area contributed by atoms with Crippen LogP contribution in [0.1, 0.15) is 43.6 Å². The van der Waals surface area contributed by atoms with Gasteiger partial charge in [0.2, 0.25) is 0 Å². The molecule has 1 unspecified atom stereocenters. The van der Waals surface area contributed by atoms with Crippen molar-refractivity contribution in [3.05, 3.63) is 59.9 Å². The summed E-state index contributed by atoms with van der Waals surface area (Å²) < 4.78 is 26.5. The van der Waals surface area contributed by atoms with Gasteiger partial charge in [0.15, 0.2) is 0 Å². The van der Waals surface area contributed by atoms with E-state index in [0.717, 1.165) is 31.1 Å². The molecule has 1 spiro atoms. The van der Waals surface area contributed by atoms with Crippen molar-refractivity contribution in [2.24, 2.45) is 0 Å². The lowest BCUT2D eigenvalue weighted by molar-refractivity contribution is 0.0611. The fourth-order valence-electron chi connectivity index (χ4n) is 4.77. The van der Waals surface area contributed by atoms with Gasteiger partial charge in [0.05, 0.1) is 11.7 Å². The number of amides is 1. The van der Waals surface area contributed by atoms with Gasteiger partial charge in [0.25, 0.3) is 5.91 Å². The van der Waals surface area contributed by atoms with E-state index in [1.807, 2.05) is 4.90 Å². The molecule has 4 nitrogen and oxygen atoms in total. The summed E-state index contributed by atoms with van der Waals surface area (Å²) in [5, 5.41) is 0. The van der Waals surface area contributed by atoms with Crippen molar-refractivity contribution in [1.82, 2.24) is 9.88 Å². The maximum absolute atomic E-state index is 13.3. The molecule has 1 aromatic heterocycles. The quantitative estimate of drug-likeness (QED) is 0.800. The number of rotatable bonds is 2. The Morgan fingerprint density at radius 3 is 2.44 bits per heavy atom. The summed E-state index contributed by atoms with van der Waals surface area (Å²) in [5.41, 5.74) is 0.773. The van der Waals surface area contributed by atoms with Gasteiger partial charge < -0.3 is 9.80 Å². The van der Waals surface area contributed by atoms with E-state index in [1.54, 1.807) is 12.1 Å². The smallest absolute Gasteiger partial charge is 0.272 e. The molecule has 0 radical (unpaired) electrons. The van der Waals surface area contributed by atoms with Crippen molar-refractivity contribution in [3.8, 4) is 0 Å². The zero-order valence-electron chi connectivity index (χ0n) is 15.6. The highest BCUT2D eigenvalue weighted by Gasteiger charge is 2.55. The molecule has 0 aliphatic carbocycles. The van der Waals surface area contributed by atoms with Gasteiger partial charge in [-0.25, -0.2) is 13.8 Å². The largest absolute Gasteiger partial charge is 0.364 e. The lowest BCUT2D eigenvalue weighted by Crippen LogP contribution is -2.49. The van der Waals surface area contributed by atoms with E-state index < -0.39 is 5.82 Å². The van der Waals surface area contributed by atoms with E-state index in [4.69, 9.17) is 0 Å². The van der Waals surface area contributed by atoms with E-state index in [0.29, 0.717) is 13.1 Å². The number of carbonyl (C=O) groups excluding carboxylic acids is 1. The first kappa shape index (κ1) is 17.9. The molecule has 1 aromatic carbocycles. The number of anilines is 1. The molecule has 6 heteroatoms. The van der Waals surface area contributed by atoms with Crippen LogP contribution >= 0.6 is 0 Å². The van der Waals surface area contributed by atoms with Crippen molar-refractivity contribution in [2.45, 2.75) is 44.2 Å². The predicted molar refractivity (Wildman–Crippen MR) is 99.6 cm³/mol. The van der Waals surface area contributed by atoms with Crippen LogP contribution in [0, 0.1) is 11.6 Å². The molecule has 142 valence electrons. The SMILES string of the molecule is CC1(C)CC2(CCCN2C(=O)c2ccc(F)cn2)CN1c1ccc(F)cc1. The monoisotopic (exact) mass is 371 g/mol. The van der Waals surface area contributed by atoms with Crippen molar-refractivity contribution >= 4 is 11.6 Å². The fraction of sp³-hybridized carbons (Fsp3) is 0.429. The Hall–Kier alpha value is -2.50. The molecule has 0 saturated carbocycles. The maximum atomic E-state index is 13.3. The van der Waals surface area contributed by atoms with E-state index >= 15 is 0 Å². The van der Waals surface area contributed by atoms with Crippen molar-refractivity contribution in [3.63, 3.8) is 0 Å². The van der Waals surface area contributed by atoms with Crippen LogP contribution in [-0.2, 0) is 0 Å². The number of benzene rings is 1. The summed E-state index contributed by atoms with van der Waals surface area (Å²) >= 11 is 0. The summed E-state index contributed by atoms with van der Waals surface area (Å²) in [7, 11) is 0. The Labute approximate surface area is 157 Å². The average molecular weight is 371 g/mol. The van der Waals surface area contributed by atoms with Gasteiger partial charge in [0.1, 0.15) is 17.3 Å². The number of aromatic nitrogens is 1. The zero-order chi connectivity index (χ0) is 19.2. The standard InChI is InChI=1S/C21H23F2N3O/c1-20(2)13-21(14-26(20)17-7-4-15(22)5-8-17)10-3-11-25(21)19(27)18-9-6-16(23)12-24-18/h4-9,12H,3,10-11,13-14H2,1-2H3. The van der Waals surface area contributed by atoms with Crippen LogP contribution in [0.4, 0.5) is 14.5 Å². The Bertz CT molecular complexity index is 851. The fourth-order valence-corrected chi connectivity index (χ4v) is 4.77. The van der Waals surface area contributed by atoms with Crippen LogP contribution < -0.4 is 4.90 Å². The number of hydrogen-bond acceptors (Lipinski definition) is 3. The van der Waals surface area contributed by atoms with Crippen molar-refractivity contribution in [1.29, 1.82) is 0 Å². The second-order valence-corrected chi connectivity index (χ2v) is 8.20. The molecule has 1 amide bonds. The minimum atomic E-state index is -0.452. The van der Waals surface area contributed by atoms with Gasteiger partial charge in [0, 0.05) is 24.3 Å². The minimum Gasteiger partial charge on any atom is -0.364 e. The number of halogens is 2. The van der Waals surface area contributed by atoms with Crippen molar-refractivity contribution in [2.75, 3.05) is 18.0 Å². The lowest BCUT2D eigenvalue weighted by atomic mass is 9.87. The van der Waals surface area contributed by atoms with Crippen LogP contribution in [0.15, 0.2) is 42.6 Å². The first-order chi connectivity index (χ1) is 12.8. The second kappa shape index (κ2) is 6.29. The highest BCUT2D eigenvalue weighted by Crippen LogP contribution is 2.47. The molecule has 3 heterocycles. The third-order valence-electron chi connectivity index (χ3n) is 5.87. The summed E-state index contributed by atoms with van der Waals surface area (Å²) in [4.78, 5) is 21.2. The summed E-state index contributed by atoms with van der Waals surface area (Å²) in [6.45, 7) is 5.67. The zero-order valence-corrected chi connectivity index (χ0v) is 15.6. The maximum Gasteiger partial charge on any atom is 0.272 e. The molecular formula is C21H23F2N3O. The van der Waals surface area contributed by atoms with Gasteiger partial charge in [-0.1, -0.05) is 0 Å². The van der Waals surface area contributed by atoms with Gasteiger partial charge >= 0.3 is 0 Å². The first-order valence-electron chi connectivity index (χ1n) is 9.28. The van der Waals surface area contributed by atoms with Gasteiger partial charge in [-0.3, -0.25) is 4.79 Å². The predicted octanol–water partition coefficient (Wildman–Crippen LogP) is 4.02. The van der Waals surface area contributed by atoms with Crippen LogP contribution in [0.5, 0.6) is 0 Å². The molecule has 0 bridgehead atoms. The Balaban J connectivity index is 1.64. The molecule has 2 fully saturated rings. The molecule has 2 saturated heterocycles. The van der Waals surface area contributed by atoms with Gasteiger partial charge in [-0.05, 0) is 69.5 Å². The minimum absolute atomic E-state index is 0.149. The summed E-state index contributed by atoms with van der Waals surface area (Å²) in [5.74, 6) is -0.859. The first-order valence-corrected chi connectivity index (χ1v) is 9.28. The summed E-state index contributed by atoms with van der Waals surface area (Å²) in [6.07, 6.45) is 3.75. The molecular weight excluding hydrogens is 348 g/mol. The number of nitrogens with zero attached hydrogens (tertiary/aromatic N) is 3. The normalized spacial score (nSPS) is 24.0. The third kappa shape index (κ3) is 3.07. The van der Waals surface area contributed by atoms with Crippen LogP contribution in [0.3, 0.4) is 0 Å². The molecule has 0 N–H and O–H groups in total. The highest BCUT2D eigenvalue weighted by molar-refractivity contribution is 5.93. The number of hydrogen-bond donors (Lipinski definition) is 0. The van der Waals surface area contributed by atoms with Crippen molar-refractivity contribution < 1.29 is 13.6 Å². The third-order valence-corrected chi connectivity index (χ3v) is 5.87. The molecule has 4 rings (SSSR count). The molecule has 27 heavy (non-hydrogen) atoms. The van der Waals surface area contributed by atoms with E-state index in [9.17, 15) is 13.6 Å². The Kier molecular flexibility index (Phi) is 4.17. The van der Waals surface area contributed by atoms with Gasteiger partial charge in [-0.2, -0.15) is 0 Å². The summed E-state index contributed by atoms with van der Waals surface area (Å²) in [6, 6.07) is 9.23. The second-order valence-electron chi connectivity index (χ2n) is 8.20. The molecule has 2 aromatic rings. The number of likely N-dealkylation sites (tertiary alicyclic amines) is 1. The van der Waals surface area contributed by atoms with Crippen LogP contribution in [0.25, 0.3) is 0 Å². The van der Waals surface area contributed by atoms with Crippen LogP contribution in [0.2, 0.25) is 0 Å². The van der Waals surface area contributed by atoms with Gasteiger partial charge in [-0.15, -0.1) is 0 Å². The van der Waals surface area contributed by atoms with E-state index in [1.165, 1.54) is 24.3 Å². The number of carbonyl (C=O) groups is 1. The van der Waals surface area contributed by atoms with E-state index in [-0.39, 0.29) is 28.5 Å². The topological polar surface area (TPSA) is 36.4 Å². The number of pyridine rings is 1. The molecule has 1 atom stereocenters. The molecule has 2 aliphatic rings. The Morgan fingerprint density at radius 2 is 1.78 bits per heavy atom. The average Bonchev–Trinajstić information content (AvgIpc) is 3.15. The van der Waals surface area contributed by atoms with Crippen LogP contribution in [-0.4, -0.2) is 40.0 Å². The van der Waals surface area contributed by atoms with E-state index in [2.05, 4.69) is 23.7 Å². The highest BCUT2D eigenvalue weighted by atomic mass is 19.1. The lowest BCUT2D eigenvalue weighted by Gasteiger charge is -2.35. The molecule has 2 aliphatic heterocycles. The Morgan fingerprint density at radius 1 is 1.07 bits per heavy atom.